The lowest BCUT2D eigenvalue weighted by atomic mass is 10.1. The number of hydrogen-bond acceptors (Lipinski definition) is 2. The Morgan fingerprint density at radius 2 is 2.12 bits per heavy atom. The van der Waals surface area contributed by atoms with E-state index >= 15 is 0 Å². The zero-order valence-electron chi connectivity index (χ0n) is 9.02. The molecule has 0 aliphatic carbocycles. The van der Waals surface area contributed by atoms with Crippen LogP contribution < -0.4 is 5.56 Å². The summed E-state index contributed by atoms with van der Waals surface area (Å²) in [5.41, 5.74) is 0.316. The smallest absolute Gasteiger partial charge is 0.337 e. The molecular formula is C11H12N2O3. The molecule has 0 saturated carbocycles. The SMILES string of the molecule is CC(C)n1[nH]c2c(C(=O)O)cccc2c1=O. The normalized spacial score (nSPS) is 11.2. The molecule has 0 atom stereocenters. The molecule has 2 N–H and O–H groups in total. The van der Waals surface area contributed by atoms with Crippen LogP contribution >= 0.6 is 0 Å². The van der Waals surface area contributed by atoms with E-state index in [1.807, 2.05) is 13.8 Å². The Balaban J connectivity index is 2.86. The number of rotatable bonds is 2. The molecule has 5 heteroatoms. The van der Waals surface area contributed by atoms with Crippen LogP contribution in [0, 0.1) is 0 Å². The van der Waals surface area contributed by atoms with Crippen LogP contribution in [0.1, 0.15) is 30.2 Å². The molecular weight excluding hydrogens is 208 g/mol. The van der Waals surface area contributed by atoms with Crippen LogP contribution in [0.2, 0.25) is 0 Å². The Morgan fingerprint density at radius 1 is 1.44 bits per heavy atom. The maximum absolute atomic E-state index is 11.9. The van der Waals surface area contributed by atoms with Crippen molar-refractivity contribution < 1.29 is 9.90 Å². The van der Waals surface area contributed by atoms with Gasteiger partial charge in [0.25, 0.3) is 5.56 Å². The minimum atomic E-state index is -1.04. The second-order valence-electron chi connectivity index (χ2n) is 3.91. The first-order valence-electron chi connectivity index (χ1n) is 4.99. The number of para-hydroxylation sites is 1. The molecule has 0 amide bonds. The number of nitrogens with one attached hydrogen (secondary N) is 1. The third-order valence-electron chi connectivity index (χ3n) is 2.49. The lowest BCUT2D eigenvalue weighted by Gasteiger charge is -2.03. The molecule has 0 spiro atoms. The van der Waals surface area contributed by atoms with Crippen LogP contribution in [0.3, 0.4) is 0 Å². The van der Waals surface area contributed by atoms with Gasteiger partial charge in [-0.1, -0.05) is 6.07 Å². The van der Waals surface area contributed by atoms with Gasteiger partial charge < -0.3 is 5.11 Å². The number of aromatic nitrogens is 2. The van der Waals surface area contributed by atoms with Gasteiger partial charge in [0.05, 0.1) is 16.5 Å². The van der Waals surface area contributed by atoms with Crippen molar-refractivity contribution in [3.8, 4) is 0 Å². The number of benzene rings is 1. The Labute approximate surface area is 91.3 Å². The molecule has 0 unspecified atom stereocenters. The van der Waals surface area contributed by atoms with Crippen LogP contribution in [0.5, 0.6) is 0 Å². The molecule has 1 aromatic carbocycles. The van der Waals surface area contributed by atoms with E-state index in [-0.39, 0.29) is 17.2 Å². The van der Waals surface area contributed by atoms with Crippen LogP contribution in [-0.4, -0.2) is 20.9 Å². The fourth-order valence-electron chi connectivity index (χ4n) is 1.69. The van der Waals surface area contributed by atoms with Crippen LogP contribution in [0.25, 0.3) is 10.9 Å². The first-order valence-corrected chi connectivity index (χ1v) is 4.99. The van der Waals surface area contributed by atoms with Crippen molar-refractivity contribution in [3.05, 3.63) is 34.1 Å². The van der Waals surface area contributed by atoms with E-state index in [1.54, 1.807) is 12.1 Å². The zero-order chi connectivity index (χ0) is 11.9. The maximum Gasteiger partial charge on any atom is 0.337 e. The minimum Gasteiger partial charge on any atom is -0.478 e. The summed E-state index contributed by atoms with van der Waals surface area (Å²) in [5, 5.41) is 12.2. The fourth-order valence-corrected chi connectivity index (χ4v) is 1.69. The Hall–Kier alpha value is -2.04. The summed E-state index contributed by atoms with van der Waals surface area (Å²) < 4.78 is 1.43. The van der Waals surface area contributed by atoms with Crippen molar-refractivity contribution in [2.24, 2.45) is 0 Å². The maximum atomic E-state index is 11.9. The highest BCUT2D eigenvalue weighted by Gasteiger charge is 2.14. The third-order valence-corrected chi connectivity index (χ3v) is 2.49. The molecule has 1 aromatic heterocycles. The zero-order valence-corrected chi connectivity index (χ0v) is 9.02. The van der Waals surface area contributed by atoms with Crippen LogP contribution in [0.15, 0.2) is 23.0 Å². The monoisotopic (exact) mass is 220 g/mol. The van der Waals surface area contributed by atoms with Gasteiger partial charge in [-0.15, -0.1) is 0 Å². The molecule has 0 aliphatic heterocycles. The number of carboxylic acid groups (broad SMARTS) is 1. The van der Waals surface area contributed by atoms with Gasteiger partial charge in [0, 0.05) is 6.04 Å². The average Bonchev–Trinajstić information content (AvgIpc) is 2.56. The fraction of sp³-hybridized carbons (Fsp3) is 0.273. The summed E-state index contributed by atoms with van der Waals surface area (Å²) in [5.74, 6) is -1.04. The first-order chi connectivity index (χ1) is 7.52. The van der Waals surface area contributed by atoms with E-state index in [2.05, 4.69) is 5.10 Å². The van der Waals surface area contributed by atoms with Gasteiger partial charge in [0.2, 0.25) is 0 Å². The van der Waals surface area contributed by atoms with E-state index in [4.69, 9.17) is 5.11 Å². The summed E-state index contributed by atoms with van der Waals surface area (Å²) in [7, 11) is 0. The van der Waals surface area contributed by atoms with Crippen molar-refractivity contribution in [3.63, 3.8) is 0 Å². The molecule has 0 fully saturated rings. The topological polar surface area (TPSA) is 75.1 Å². The highest BCUT2D eigenvalue weighted by atomic mass is 16.4. The van der Waals surface area contributed by atoms with Crippen LogP contribution in [0.4, 0.5) is 0 Å². The van der Waals surface area contributed by atoms with Gasteiger partial charge in [-0.25, -0.2) is 9.48 Å². The van der Waals surface area contributed by atoms with E-state index < -0.39 is 5.97 Å². The Kier molecular flexibility index (Phi) is 2.30. The quantitative estimate of drug-likeness (QED) is 0.807. The highest BCUT2D eigenvalue weighted by molar-refractivity contribution is 6.01. The van der Waals surface area contributed by atoms with Crippen molar-refractivity contribution in [1.82, 2.24) is 9.78 Å². The van der Waals surface area contributed by atoms with Gasteiger partial charge in [0.1, 0.15) is 0 Å². The lowest BCUT2D eigenvalue weighted by Crippen LogP contribution is -2.18. The summed E-state index contributed by atoms with van der Waals surface area (Å²) in [6.07, 6.45) is 0. The molecule has 5 nitrogen and oxygen atoms in total. The Morgan fingerprint density at radius 3 is 2.69 bits per heavy atom. The van der Waals surface area contributed by atoms with Crippen molar-refractivity contribution >= 4 is 16.9 Å². The standard InChI is InChI=1S/C11H12N2O3/c1-6(2)13-10(14)7-4-3-5-8(11(15)16)9(7)12-13/h3-6,12H,1-2H3,(H,15,16). The number of carbonyl (C=O) groups is 1. The summed E-state index contributed by atoms with van der Waals surface area (Å²) in [6.45, 7) is 3.72. The number of hydrogen-bond donors (Lipinski definition) is 2. The average molecular weight is 220 g/mol. The van der Waals surface area contributed by atoms with Gasteiger partial charge in [-0.2, -0.15) is 0 Å². The van der Waals surface area contributed by atoms with Gasteiger partial charge in [-0.05, 0) is 26.0 Å². The largest absolute Gasteiger partial charge is 0.478 e. The van der Waals surface area contributed by atoms with Crippen molar-refractivity contribution in [2.45, 2.75) is 19.9 Å². The molecule has 0 bridgehead atoms. The predicted octanol–water partition coefficient (Wildman–Crippen LogP) is 1.61. The molecule has 84 valence electrons. The molecule has 1 heterocycles. The molecule has 16 heavy (non-hydrogen) atoms. The highest BCUT2D eigenvalue weighted by Crippen LogP contribution is 2.15. The second-order valence-corrected chi connectivity index (χ2v) is 3.91. The number of nitrogens with zero attached hydrogens (tertiary/aromatic N) is 1. The minimum absolute atomic E-state index is 0.0263. The molecule has 0 aliphatic rings. The molecule has 2 aromatic rings. The third kappa shape index (κ3) is 1.41. The number of aromatic amines is 1. The van der Waals surface area contributed by atoms with Gasteiger partial charge in [-0.3, -0.25) is 9.89 Å². The molecule has 2 rings (SSSR count). The Bertz CT molecular complexity index is 607. The molecule has 0 saturated heterocycles. The van der Waals surface area contributed by atoms with E-state index in [9.17, 15) is 9.59 Å². The number of aromatic carboxylic acids is 1. The summed E-state index contributed by atoms with van der Waals surface area (Å²) >= 11 is 0. The predicted molar refractivity (Wildman–Crippen MR) is 59.9 cm³/mol. The van der Waals surface area contributed by atoms with E-state index in [0.29, 0.717) is 10.9 Å². The number of H-pyrrole nitrogens is 1. The second kappa shape index (κ2) is 3.52. The number of carboxylic acids is 1. The van der Waals surface area contributed by atoms with Crippen molar-refractivity contribution in [2.75, 3.05) is 0 Å². The summed E-state index contributed by atoms with van der Waals surface area (Å²) in [6, 6.07) is 4.65. The van der Waals surface area contributed by atoms with E-state index in [1.165, 1.54) is 10.7 Å². The molecule has 0 radical (unpaired) electrons. The van der Waals surface area contributed by atoms with Crippen LogP contribution in [-0.2, 0) is 0 Å². The summed E-state index contributed by atoms with van der Waals surface area (Å²) in [4.78, 5) is 22.9. The number of fused-ring (bicyclic) bond motifs is 1. The van der Waals surface area contributed by atoms with Gasteiger partial charge >= 0.3 is 5.97 Å². The first kappa shape index (κ1) is 10.5. The van der Waals surface area contributed by atoms with Gasteiger partial charge in [0.15, 0.2) is 0 Å². The lowest BCUT2D eigenvalue weighted by molar-refractivity contribution is 0.0699. The van der Waals surface area contributed by atoms with Crippen molar-refractivity contribution in [1.29, 1.82) is 0 Å². The van der Waals surface area contributed by atoms with E-state index in [0.717, 1.165) is 0 Å².